The van der Waals surface area contributed by atoms with Crippen molar-refractivity contribution in [2.24, 2.45) is 0 Å². The molecule has 4 heteroatoms. The molecule has 0 saturated carbocycles. The number of benzene rings is 1. The standard InChI is InChI=1S/C13H17FO3/c1-16-12-3-2-10(8-11(12)14)9-13(15)4-6-17-7-5-13/h2-3,8,15H,4-7,9H2,1H3. The lowest BCUT2D eigenvalue weighted by Crippen LogP contribution is -2.38. The maximum Gasteiger partial charge on any atom is 0.165 e. The van der Waals surface area contributed by atoms with Gasteiger partial charge in [0.05, 0.1) is 12.7 Å². The molecule has 0 atom stereocenters. The van der Waals surface area contributed by atoms with E-state index in [0.29, 0.717) is 32.5 Å². The third-order valence-electron chi connectivity index (χ3n) is 3.17. The number of rotatable bonds is 3. The first kappa shape index (κ1) is 12.3. The summed E-state index contributed by atoms with van der Waals surface area (Å²) in [5.41, 5.74) is 0.0203. The molecular weight excluding hydrogens is 223 g/mol. The third kappa shape index (κ3) is 2.96. The fourth-order valence-electron chi connectivity index (χ4n) is 2.13. The maximum absolute atomic E-state index is 13.5. The fraction of sp³-hybridized carbons (Fsp3) is 0.538. The summed E-state index contributed by atoms with van der Waals surface area (Å²) in [6, 6.07) is 4.80. The number of hydrogen-bond donors (Lipinski definition) is 1. The molecule has 1 N–H and O–H groups in total. The van der Waals surface area contributed by atoms with E-state index < -0.39 is 5.60 Å². The van der Waals surface area contributed by atoms with E-state index in [4.69, 9.17) is 9.47 Å². The Hall–Kier alpha value is -1.13. The SMILES string of the molecule is COc1ccc(CC2(O)CCOCC2)cc1F. The Labute approximate surface area is 100 Å². The van der Waals surface area contributed by atoms with Crippen molar-refractivity contribution in [1.82, 2.24) is 0 Å². The van der Waals surface area contributed by atoms with Gasteiger partial charge < -0.3 is 14.6 Å². The Balaban J connectivity index is 2.10. The molecule has 2 rings (SSSR count). The maximum atomic E-state index is 13.5. The minimum atomic E-state index is -0.765. The van der Waals surface area contributed by atoms with Crippen molar-refractivity contribution in [1.29, 1.82) is 0 Å². The van der Waals surface area contributed by atoms with Crippen molar-refractivity contribution < 1.29 is 19.0 Å². The van der Waals surface area contributed by atoms with Crippen LogP contribution in [0.4, 0.5) is 4.39 Å². The molecule has 1 aliphatic rings. The normalized spacial score (nSPS) is 19.0. The van der Waals surface area contributed by atoms with Crippen LogP contribution in [-0.4, -0.2) is 31.0 Å². The lowest BCUT2D eigenvalue weighted by atomic mass is 9.87. The average Bonchev–Trinajstić information content (AvgIpc) is 2.29. The Morgan fingerprint density at radius 1 is 1.41 bits per heavy atom. The van der Waals surface area contributed by atoms with E-state index in [0.717, 1.165) is 5.56 Å². The largest absolute Gasteiger partial charge is 0.494 e. The molecule has 0 aromatic heterocycles. The monoisotopic (exact) mass is 240 g/mol. The molecule has 0 bridgehead atoms. The molecule has 17 heavy (non-hydrogen) atoms. The first-order valence-electron chi connectivity index (χ1n) is 5.75. The zero-order valence-electron chi connectivity index (χ0n) is 9.91. The van der Waals surface area contributed by atoms with Crippen molar-refractivity contribution in [2.45, 2.75) is 24.9 Å². The molecule has 1 saturated heterocycles. The summed E-state index contributed by atoms with van der Waals surface area (Å²) < 4.78 is 23.6. The van der Waals surface area contributed by atoms with Crippen LogP contribution in [0, 0.1) is 5.82 Å². The Morgan fingerprint density at radius 3 is 2.71 bits per heavy atom. The summed E-state index contributed by atoms with van der Waals surface area (Å²) in [7, 11) is 1.43. The molecular formula is C13H17FO3. The highest BCUT2D eigenvalue weighted by molar-refractivity contribution is 5.30. The van der Waals surface area contributed by atoms with Gasteiger partial charge in [0.25, 0.3) is 0 Å². The zero-order chi connectivity index (χ0) is 12.3. The molecule has 0 spiro atoms. The molecule has 3 nitrogen and oxygen atoms in total. The minimum absolute atomic E-state index is 0.229. The molecule has 0 amide bonds. The minimum Gasteiger partial charge on any atom is -0.494 e. The van der Waals surface area contributed by atoms with Crippen LogP contribution in [0.3, 0.4) is 0 Å². The quantitative estimate of drug-likeness (QED) is 0.877. The van der Waals surface area contributed by atoms with Gasteiger partial charge >= 0.3 is 0 Å². The number of hydrogen-bond acceptors (Lipinski definition) is 3. The molecule has 1 heterocycles. The van der Waals surface area contributed by atoms with Gasteiger partial charge in [-0.25, -0.2) is 4.39 Å². The van der Waals surface area contributed by atoms with Crippen molar-refractivity contribution in [3.8, 4) is 5.75 Å². The second kappa shape index (κ2) is 5.02. The smallest absolute Gasteiger partial charge is 0.165 e. The van der Waals surface area contributed by atoms with Gasteiger partial charge in [0.1, 0.15) is 0 Å². The van der Waals surface area contributed by atoms with Gasteiger partial charge in [-0.1, -0.05) is 6.07 Å². The second-order valence-electron chi connectivity index (χ2n) is 4.48. The Kier molecular flexibility index (Phi) is 3.64. The summed E-state index contributed by atoms with van der Waals surface area (Å²) in [5.74, 6) is -0.159. The lowest BCUT2D eigenvalue weighted by Gasteiger charge is -2.32. The topological polar surface area (TPSA) is 38.7 Å². The average molecular weight is 240 g/mol. The van der Waals surface area contributed by atoms with Crippen LogP contribution in [-0.2, 0) is 11.2 Å². The van der Waals surface area contributed by atoms with Gasteiger partial charge in [0.2, 0.25) is 0 Å². The fourth-order valence-corrected chi connectivity index (χ4v) is 2.13. The van der Waals surface area contributed by atoms with Crippen LogP contribution >= 0.6 is 0 Å². The van der Waals surface area contributed by atoms with Crippen LogP contribution in [0.2, 0.25) is 0 Å². The van der Waals surface area contributed by atoms with E-state index in [1.54, 1.807) is 12.1 Å². The highest BCUT2D eigenvalue weighted by Crippen LogP contribution is 2.27. The van der Waals surface area contributed by atoms with Crippen molar-refractivity contribution in [2.75, 3.05) is 20.3 Å². The predicted molar refractivity (Wildman–Crippen MR) is 61.7 cm³/mol. The van der Waals surface area contributed by atoms with Gasteiger partial charge in [-0.2, -0.15) is 0 Å². The van der Waals surface area contributed by atoms with Gasteiger partial charge in [-0.05, 0) is 30.5 Å². The van der Waals surface area contributed by atoms with E-state index in [9.17, 15) is 9.50 Å². The first-order valence-corrected chi connectivity index (χ1v) is 5.75. The van der Waals surface area contributed by atoms with Crippen LogP contribution in [0.1, 0.15) is 18.4 Å². The van der Waals surface area contributed by atoms with Gasteiger partial charge in [0.15, 0.2) is 11.6 Å². The lowest BCUT2D eigenvalue weighted by molar-refractivity contribution is -0.0626. The summed E-state index contributed by atoms with van der Waals surface area (Å²) in [5, 5.41) is 10.3. The van der Waals surface area contributed by atoms with Crippen molar-refractivity contribution in [3.63, 3.8) is 0 Å². The van der Waals surface area contributed by atoms with Crippen LogP contribution in [0.5, 0.6) is 5.75 Å². The summed E-state index contributed by atoms with van der Waals surface area (Å²) >= 11 is 0. The number of ether oxygens (including phenoxy) is 2. The predicted octanol–water partition coefficient (Wildman–Crippen LogP) is 1.92. The van der Waals surface area contributed by atoms with Crippen molar-refractivity contribution >= 4 is 0 Å². The molecule has 0 unspecified atom stereocenters. The second-order valence-corrected chi connectivity index (χ2v) is 4.48. The summed E-state index contributed by atoms with van der Waals surface area (Å²) in [6.45, 7) is 1.13. The van der Waals surface area contributed by atoms with Gasteiger partial charge in [0, 0.05) is 19.6 Å². The molecule has 94 valence electrons. The Morgan fingerprint density at radius 2 is 2.12 bits per heavy atom. The van der Waals surface area contributed by atoms with Gasteiger partial charge in [-0.3, -0.25) is 0 Å². The van der Waals surface area contributed by atoms with E-state index in [1.807, 2.05) is 0 Å². The van der Waals surface area contributed by atoms with Gasteiger partial charge in [-0.15, -0.1) is 0 Å². The van der Waals surface area contributed by atoms with Crippen LogP contribution in [0.15, 0.2) is 18.2 Å². The summed E-state index contributed by atoms with van der Waals surface area (Å²) in [6.07, 6.45) is 1.65. The molecule has 0 aliphatic carbocycles. The highest BCUT2D eigenvalue weighted by Gasteiger charge is 2.30. The molecule has 0 radical (unpaired) electrons. The van der Waals surface area contributed by atoms with Crippen LogP contribution < -0.4 is 4.74 Å². The van der Waals surface area contributed by atoms with E-state index in [2.05, 4.69) is 0 Å². The van der Waals surface area contributed by atoms with Crippen LogP contribution in [0.25, 0.3) is 0 Å². The zero-order valence-corrected chi connectivity index (χ0v) is 9.91. The van der Waals surface area contributed by atoms with Crippen molar-refractivity contribution in [3.05, 3.63) is 29.6 Å². The molecule has 1 aliphatic heterocycles. The third-order valence-corrected chi connectivity index (χ3v) is 3.17. The number of halogens is 1. The Bertz CT molecular complexity index is 386. The van der Waals surface area contributed by atoms with E-state index in [-0.39, 0.29) is 11.6 Å². The summed E-state index contributed by atoms with van der Waals surface area (Å²) in [4.78, 5) is 0. The highest BCUT2D eigenvalue weighted by atomic mass is 19.1. The molecule has 1 fully saturated rings. The number of methoxy groups -OCH3 is 1. The first-order chi connectivity index (χ1) is 8.13. The molecule has 1 aromatic carbocycles. The van der Waals surface area contributed by atoms with E-state index in [1.165, 1.54) is 13.2 Å². The number of aliphatic hydroxyl groups is 1. The molecule has 1 aromatic rings. The van der Waals surface area contributed by atoms with E-state index >= 15 is 0 Å².